The highest BCUT2D eigenvalue weighted by molar-refractivity contribution is 5.99. The third-order valence-electron chi connectivity index (χ3n) is 3.92. The van der Waals surface area contributed by atoms with E-state index in [0.29, 0.717) is 23.6 Å². The van der Waals surface area contributed by atoms with Crippen LogP contribution in [0, 0.1) is 6.92 Å². The van der Waals surface area contributed by atoms with Gasteiger partial charge in [0.2, 0.25) is 0 Å². The number of methoxy groups -OCH3 is 1. The van der Waals surface area contributed by atoms with Crippen LogP contribution in [0.15, 0.2) is 28.9 Å². The third-order valence-corrected chi connectivity index (χ3v) is 3.92. The lowest BCUT2D eigenvalue weighted by atomic mass is 10.1. The number of carbonyl (C=O) groups is 1. The molecule has 126 valence electrons. The first-order valence-corrected chi connectivity index (χ1v) is 7.86. The van der Waals surface area contributed by atoms with Crippen molar-refractivity contribution in [1.82, 2.24) is 20.1 Å². The number of amides is 1. The summed E-state index contributed by atoms with van der Waals surface area (Å²) in [5, 5.41) is 11.7. The molecule has 1 N–H and O–H groups in total. The molecule has 7 nitrogen and oxygen atoms in total. The Kier molecular flexibility index (Phi) is 4.50. The molecule has 3 aromatic rings. The van der Waals surface area contributed by atoms with Gasteiger partial charge in [0.15, 0.2) is 11.6 Å². The number of nitrogens with zero attached hydrogens (tertiary/aromatic N) is 3. The monoisotopic (exact) mass is 328 g/mol. The summed E-state index contributed by atoms with van der Waals surface area (Å²) in [6.45, 7) is 5.07. The summed E-state index contributed by atoms with van der Waals surface area (Å²) in [5.41, 5.74) is 1.44. The highest BCUT2D eigenvalue weighted by atomic mass is 16.5. The summed E-state index contributed by atoms with van der Waals surface area (Å²) >= 11 is 0. The molecule has 1 aromatic carbocycles. The van der Waals surface area contributed by atoms with Crippen LogP contribution in [-0.4, -0.2) is 27.8 Å². The molecule has 2 aromatic heterocycles. The molecule has 0 spiro atoms. The molecule has 0 aliphatic heterocycles. The normalized spacial score (nSPS) is 11.0. The van der Waals surface area contributed by atoms with Crippen molar-refractivity contribution in [3.05, 3.63) is 41.7 Å². The largest absolute Gasteiger partial charge is 0.497 e. The molecule has 7 heteroatoms. The molecule has 24 heavy (non-hydrogen) atoms. The van der Waals surface area contributed by atoms with E-state index in [-0.39, 0.29) is 5.91 Å². The Balaban J connectivity index is 1.78. The van der Waals surface area contributed by atoms with Gasteiger partial charge in [0.1, 0.15) is 17.7 Å². The summed E-state index contributed by atoms with van der Waals surface area (Å²) in [6, 6.07) is 5.51. The van der Waals surface area contributed by atoms with Gasteiger partial charge in [0.25, 0.3) is 5.91 Å². The number of carbonyl (C=O) groups excluding carboxylic acids is 1. The minimum atomic E-state index is -0.270. The fourth-order valence-electron chi connectivity index (χ4n) is 2.63. The van der Waals surface area contributed by atoms with Gasteiger partial charge in [-0.25, -0.2) is 0 Å². The molecule has 0 aliphatic carbocycles. The summed E-state index contributed by atoms with van der Waals surface area (Å²) in [4.78, 5) is 12.5. The van der Waals surface area contributed by atoms with Crippen molar-refractivity contribution in [2.24, 2.45) is 0 Å². The Hall–Kier alpha value is -2.83. The maximum absolute atomic E-state index is 12.5. The maximum Gasteiger partial charge on any atom is 0.287 e. The van der Waals surface area contributed by atoms with E-state index in [1.807, 2.05) is 23.6 Å². The lowest BCUT2D eigenvalue weighted by Gasteiger charge is -2.06. The van der Waals surface area contributed by atoms with Crippen LogP contribution in [0.4, 0.5) is 0 Å². The van der Waals surface area contributed by atoms with Crippen molar-refractivity contribution in [2.45, 2.75) is 33.4 Å². The Morgan fingerprint density at radius 3 is 3.00 bits per heavy atom. The van der Waals surface area contributed by atoms with Crippen molar-refractivity contribution < 1.29 is 13.9 Å². The highest BCUT2D eigenvalue weighted by Crippen LogP contribution is 2.28. The van der Waals surface area contributed by atoms with Crippen LogP contribution in [0.2, 0.25) is 0 Å². The predicted molar refractivity (Wildman–Crippen MR) is 89.0 cm³/mol. The molecule has 0 saturated carbocycles. The standard InChI is InChI=1S/C17H20N4O3/c1-4-7-21-10-19-20-15(21)9-18-17(22)16-11(2)13-6-5-12(23-3)8-14(13)24-16/h5-6,8,10H,4,7,9H2,1-3H3,(H,18,22). The van der Waals surface area contributed by atoms with Crippen molar-refractivity contribution in [3.63, 3.8) is 0 Å². The number of rotatable bonds is 6. The number of fused-ring (bicyclic) bond motifs is 1. The van der Waals surface area contributed by atoms with Gasteiger partial charge in [-0.3, -0.25) is 4.79 Å². The van der Waals surface area contributed by atoms with Crippen molar-refractivity contribution >= 4 is 16.9 Å². The van der Waals surface area contributed by atoms with Gasteiger partial charge >= 0.3 is 0 Å². The van der Waals surface area contributed by atoms with E-state index in [2.05, 4.69) is 22.4 Å². The first-order chi connectivity index (χ1) is 11.6. The molecular weight excluding hydrogens is 308 g/mol. The average molecular weight is 328 g/mol. The van der Waals surface area contributed by atoms with Gasteiger partial charge in [-0.2, -0.15) is 0 Å². The summed E-state index contributed by atoms with van der Waals surface area (Å²) in [7, 11) is 1.59. The number of furan rings is 1. The Morgan fingerprint density at radius 1 is 1.42 bits per heavy atom. The van der Waals surface area contributed by atoms with Gasteiger partial charge in [-0.15, -0.1) is 10.2 Å². The zero-order valence-electron chi connectivity index (χ0n) is 14.0. The Morgan fingerprint density at radius 2 is 2.25 bits per heavy atom. The Bertz CT molecular complexity index is 866. The second-order valence-corrected chi connectivity index (χ2v) is 5.54. The van der Waals surface area contributed by atoms with E-state index in [4.69, 9.17) is 9.15 Å². The fraction of sp³-hybridized carbons (Fsp3) is 0.353. The smallest absolute Gasteiger partial charge is 0.287 e. The van der Waals surface area contributed by atoms with Crippen LogP contribution in [0.1, 0.15) is 35.3 Å². The van der Waals surface area contributed by atoms with Gasteiger partial charge in [-0.05, 0) is 25.5 Å². The first-order valence-electron chi connectivity index (χ1n) is 7.86. The van der Waals surface area contributed by atoms with Crippen molar-refractivity contribution in [2.75, 3.05) is 7.11 Å². The van der Waals surface area contributed by atoms with Gasteiger partial charge in [0.05, 0.1) is 13.7 Å². The van der Waals surface area contributed by atoms with Crippen LogP contribution >= 0.6 is 0 Å². The van der Waals surface area contributed by atoms with Crippen LogP contribution < -0.4 is 10.1 Å². The number of hydrogen-bond donors (Lipinski definition) is 1. The van der Waals surface area contributed by atoms with Gasteiger partial charge in [-0.1, -0.05) is 6.92 Å². The lowest BCUT2D eigenvalue weighted by Crippen LogP contribution is -2.25. The van der Waals surface area contributed by atoms with Crippen LogP contribution in [0.3, 0.4) is 0 Å². The number of aromatic nitrogens is 3. The molecule has 3 rings (SSSR count). The summed E-state index contributed by atoms with van der Waals surface area (Å²) in [6.07, 6.45) is 2.65. The molecule has 1 amide bonds. The zero-order valence-corrected chi connectivity index (χ0v) is 14.0. The molecule has 0 atom stereocenters. The van der Waals surface area contributed by atoms with E-state index in [1.165, 1.54) is 0 Å². The fourth-order valence-corrected chi connectivity index (χ4v) is 2.63. The molecule has 0 saturated heterocycles. The van der Waals surface area contributed by atoms with E-state index >= 15 is 0 Å². The predicted octanol–water partition coefficient (Wildman–Crippen LogP) is 2.68. The Labute approximate surface area is 139 Å². The minimum Gasteiger partial charge on any atom is -0.497 e. The lowest BCUT2D eigenvalue weighted by molar-refractivity contribution is 0.0923. The van der Waals surface area contributed by atoms with Crippen LogP contribution in [0.25, 0.3) is 11.0 Å². The van der Waals surface area contributed by atoms with E-state index < -0.39 is 0 Å². The number of ether oxygens (including phenoxy) is 1. The molecule has 0 unspecified atom stereocenters. The van der Waals surface area contributed by atoms with Gasteiger partial charge < -0.3 is 19.0 Å². The molecule has 0 fully saturated rings. The van der Waals surface area contributed by atoms with Crippen LogP contribution in [0.5, 0.6) is 5.75 Å². The summed E-state index contributed by atoms with van der Waals surface area (Å²) in [5.74, 6) is 1.45. The molecule has 2 heterocycles. The SMILES string of the molecule is CCCn1cnnc1CNC(=O)c1oc2cc(OC)ccc2c1C. The van der Waals surface area contributed by atoms with Crippen molar-refractivity contribution in [3.8, 4) is 5.75 Å². The zero-order chi connectivity index (χ0) is 17.1. The molecule has 0 bridgehead atoms. The molecule has 0 radical (unpaired) electrons. The first kappa shape index (κ1) is 16.0. The van der Waals surface area contributed by atoms with Gasteiger partial charge in [0, 0.05) is 23.6 Å². The van der Waals surface area contributed by atoms with E-state index in [1.54, 1.807) is 19.5 Å². The molecular formula is C17H20N4O3. The highest BCUT2D eigenvalue weighted by Gasteiger charge is 2.18. The average Bonchev–Trinajstić information content (AvgIpc) is 3.17. The number of benzene rings is 1. The third kappa shape index (κ3) is 2.97. The van der Waals surface area contributed by atoms with E-state index in [0.717, 1.165) is 29.7 Å². The van der Waals surface area contributed by atoms with E-state index in [9.17, 15) is 4.79 Å². The molecule has 0 aliphatic rings. The van der Waals surface area contributed by atoms with Crippen molar-refractivity contribution in [1.29, 1.82) is 0 Å². The number of hydrogen-bond acceptors (Lipinski definition) is 5. The second kappa shape index (κ2) is 6.74. The number of nitrogens with one attached hydrogen (secondary N) is 1. The summed E-state index contributed by atoms with van der Waals surface area (Å²) < 4.78 is 12.8. The minimum absolute atomic E-state index is 0.270. The number of aryl methyl sites for hydroxylation is 2. The quantitative estimate of drug-likeness (QED) is 0.752. The maximum atomic E-state index is 12.5. The topological polar surface area (TPSA) is 82.2 Å². The second-order valence-electron chi connectivity index (χ2n) is 5.54. The van der Waals surface area contributed by atoms with Crippen LogP contribution in [-0.2, 0) is 13.1 Å².